The van der Waals surface area contributed by atoms with Gasteiger partial charge in [-0.05, 0) is 19.1 Å². The topological polar surface area (TPSA) is 78.9 Å². The smallest absolute Gasteiger partial charge is 0.339 e. The van der Waals surface area contributed by atoms with Gasteiger partial charge in [-0.3, -0.25) is 4.90 Å². The second-order valence-corrected chi connectivity index (χ2v) is 4.04. The molecule has 20 heavy (non-hydrogen) atoms. The van der Waals surface area contributed by atoms with Crippen molar-refractivity contribution in [3.05, 3.63) is 23.8 Å². The molecule has 6 heteroatoms. The lowest BCUT2D eigenvalue weighted by Gasteiger charge is -2.30. The van der Waals surface area contributed by atoms with E-state index in [1.165, 1.54) is 11.0 Å². The van der Waals surface area contributed by atoms with Crippen molar-refractivity contribution in [2.24, 2.45) is 0 Å². The minimum absolute atomic E-state index is 0.0494. The van der Waals surface area contributed by atoms with Crippen molar-refractivity contribution in [3.63, 3.8) is 0 Å². The van der Waals surface area contributed by atoms with Crippen molar-refractivity contribution >= 4 is 17.7 Å². The van der Waals surface area contributed by atoms with Gasteiger partial charge in [-0.15, -0.1) is 5.92 Å². The molecule has 2 rings (SSSR count). The maximum Gasteiger partial charge on any atom is 0.339 e. The van der Waals surface area contributed by atoms with Crippen LogP contribution in [0.3, 0.4) is 0 Å². The number of fused-ring (bicyclic) bond motifs is 1. The van der Waals surface area contributed by atoms with Gasteiger partial charge >= 0.3 is 12.0 Å². The van der Waals surface area contributed by atoms with Crippen LogP contribution in [-0.2, 0) is 0 Å². The number of urea groups is 1. The standard InChI is InChI=1S/C14H14N2O4/c1-2-3-7-15-14(19)16-8-9-20-12-10(13(17)18)5-4-6-11(12)16/h4-6H,7-9H2,1H3,(H,15,19)(H,17,18). The zero-order valence-electron chi connectivity index (χ0n) is 11.0. The first-order valence-corrected chi connectivity index (χ1v) is 6.09. The fourth-order valence-electron chi connectivity index (χ4n) is 1.93. The van der Waals surface area contributed by atoms with E-state index in [2.05, 4.69) is 17.2 Å². The average Bonchev–Trinajstić information content (AvgIpc) is 2.46. The SMILES string of the molecule is CC#CCNC(=O)N1CCOc2c(C(=O)O)cccc21. The number of hydrogen-bond acceptors (Lipinski definition) is 3. The lowest BCUT2D eigenvalue weighted by molar-refractivity contribution is 0.0692. The molecular formula is C14H14N2O4. The van der Waals surface area contributed by atoms with Crippen molar-refractivity contribution < 1.29 is 19.4 Å². The Morgan fingerprint density at radius 2 is 2.30 bits per heavy atom. The van der Waals surface area contributed by atoms with Gasteiger partial charge in [0.2, 0.25) is 0 Å². The maximum atomic E-state index is 12.1. The highest BCUT2D eigenvalue weighted by Gasteiger charge is 2.27. The van der Waals surface area contributed by atoms with Crippen LogP contribution in [-0.4, -0.2) is 36.8 Å². The van der Waals surface area contributed by atoms with E-state index in [4.69, 9.17) is 9.84 Å². The first kappa shape index (κ1) is 13.7. The van der Waals surface area contributed by atoms with Crippen LogP contribution >= 0.6 is 0 Å². The van der Waals surface area contributed by atoms with Gasteiger partial charge in [0.1, 0.15) is 12.2 Å². The number of carboxylic acid groups (broad SMARTS) is 1. The summed E-state index contributed by atoms with van der Waals surface area (Å²) >= 11 is 0. The number of nitrogens with zero attached hydrogens (tertiary/aromatic N) is 1. The number of nitrogens with one attached hydrogen (secondary N) is 1. The number of ether oxygens (including phenoxy) is 1. The van der Waals surface area contributed by atoms with Crippen LogP contribution in [0.25, 0.3) is 0 Å². The van der Waals surface area contributed by atoms with Gasteiger partial charge in [0, 0.05) is 0 Å². The Hall–Kier alpha value is -2.68. The Kier molecular flexibility index (Phi) is 4.11. The number of hydrogen-bond donors (Lipinski definition) is 2. The molecule has 0 aromatic heterocycles. The molecule has 1 aliphatic heterocycles. The number of aromatic carboxylic acids is 1. The van der Waals surface area contributed by atoms with Crippen LogP contribution in [0.2, 0.25) is 0 Å². The second-order valence-electron chi connectivity index (χ2n) is 4.04. The Balaban J connectivity index is 2.28. The van der Waals surface area contributed by atoms with Gasteiger partial charge < -0.3 is 15.2 Å². The predicted molar refractivity (Wildman–Crippen MR) is 73.1 cm³/mol. The van der Waals surface area contributed by atoms with Gasteiger partial charge in [-0.1, -0.05) is 12.0 Å². The number of anilines is 1. The number of carboxylic acids is 1. The molecule has 2 amide bonds. The Morgan fingerprint density at radius 3 is 3.00 bits per heavy atom. The summed E-state index contributed by atoms with van der Waals surface area (Å²) in [6, 6.07) is 4.38. The summed E-state index contributed by atoms with van der Waals surface area (Å²) in [5.74, 6) is 4.56. The second kappa shape index (κ2) is 5.97. The number of para-hydroxylation sites is 1. The largest absolute Gasteiger partial charge is 0.489 e. The molecule has 0 fully saturated rings. The number of carbonyl (C=O) groups excluding carboxylic acids is 1. The van der Waals surface area contributed by atoms with E-state index in [1.807, 2.05) is 0 Å². The van der Waals surface area contributed by atoms with Gasteiger partial charge in [0.25, 0.3) is 0 Å². The molecule has 1 aromatic rings. The van der Waals surface area contributed by atoms with E-state index >= 15 is 0 Å². The van der Waals surface area contributed by atoms with Crippen molar-refractivity contribution in [3.8, 4) is 17.6 Å². The summed E-state index contributed by atoms with van der Waals surface area (Å²) < 4.78 is 5.39. The maximum absolute atomic E-state index is 12.1. The average molecular weight is 274 g/mol. The van der Waals surface area contributed by atoms with Gasteiger partial charge in [0.05, 0.1) is 18.8 Å². The Labute approximate surface area is 116 Å². The molecule has 0 saturated heterocycles. The van der Waals surface area contributed by atoms with Crippen molar-refractivity contribution in [2.75, 3.05) is 24.6 Å². The molecule has 0 unspecified atom stereocenters. The van der Waals surface area contributed by atoms with Gasteiger partial charge in [-0.2, -0.15) is 0 Å². The monoisotopic (exact) mass is 274 g/mol. The lowest BCUT2D eigenvalue weighted by atomic mass is 10.1. The molecule has 0 radical (unpaired) electrons. The molecule has 0 bridgehead atoms. The van der Waals surface area contributed by atoms with Crippen LogP contribution in [0.1, 0.15) is 17.3 Å². The zero-order chi connectivity index (χ0) is 14.5. The van der Waals surface area contributed by atoms with E-state index in [0.29, 0.717) is 12.2 Å². The normalized spacial score (nSPS) is 12.6. The van der Waals surface area contributed by atoms with E-state index in [1.54, 1.807) is 19.1 Å². The lowest BCUT2D eigenvalue weighted by Crippen LogP contribution is -2.44. The molecule has 0 aliphatic carbocycles. The van der Waals surface area contributed by atoms with Gasteiger partial charge in [0.15, 0.2) is 5.75 Å². The number of benzene rings is 1. The highest BCUT2D eigenvalue weighted by atomic mass is 16.5. The first-order valence-electron chi connectivity index (χ1n) is 6.09. The van der Waals surface area contributed by atoms with Crippen LogP contribution in [0, 0.1) is 11.8 Å². The quantitative estimate of drug-likeness (QED) is 0.797. The summed E-state index contributed by atoms with van der Waals surface area (Å²) in [6.07, 6.45) is 0. The summed E-state index contributed by atoms with van der Waals surface area (Å²) in [4.78, 5) is 24.7. The third kappa shape index (κ3) is 2.67. The third-order valence-corrected chi connectivity index (χ3v) is 2.83. The highest BCUT2D eigenvalue weighted by Crippen LogP contribution is 2.34. The van der Waals surface area contributed by atoms with Crippen molar-refractivity contribution in [1.29, 1.82) is 0 Å². The van der Waals surface area contributed by atoms with Crippen LogP contribution in [0.15, 0.2) is 18.2 Å². The molecule has 104 valence electrons. The minimum Gasteiger partial charge on any atom is -0.489 e. The molecule has 1 aromatic carbocycles. The fourth-order valence-corrected chi connectivity index (χ4v) is 1.93. The van der Waals surface area contributed by atoms with Crippen LogP contribution < -0.4 is 15.0 Å². The first-order chi connectivity index (χ1) is 9.65. The molecule has 2 N–H and O–H groups in total. The van der Waals surface area contributed by atoms with Crippen LogP contribution in [0.4, 0.5) is 10.5 Å². The number of amides is 2. The number of rotatable bonds is 2. The molecule has 1 heterocycles. The van der Waals surface area contributed by atoms with E-state index < -0.39 is 5.97 Å². The fraction of sp³-hybridized carbons (Fsp3) is 0.286. The molecule has 0 saturated carbocycles. The summed E-state index contributed by atoms with van der Waals surface area (Å²) in [6.45, 7) is 2.56. The molecule has 1 aliphatic rings. The van der Waals surface area contributed by atoms with E-state index in [0.717, 1.165) is 0 Å². The highest BCUT2D eigenvalue weighted by molar-refractivity contribution is 5.99. The zero-order valence-corrected chi connectivity index (χ0v) is 11.0. The van der Waals surface area contributed by atoms with Crippen molar-refractivity contribution in [1.82, 2.24) is 5.32 Å². The third-order valence-electron chi connectivity index (χ3n) is 2.83. The molecular weight excluding hydrogens is 260 g/mol. The summed E-state index contributed by atoms with van der Waals surface area (Å²) in [5.41, 5.74) is 0.506. The summed E-state index contributed by atoms with van der Waals surface area (Å²) in [7, 11) is 0. The summed E-state index contributed by atoms with van der Waals surface area (Å²) in [5, 5.41) is 11.8. The molecule has 0 spiro atoms. The van der Waals surface area contributed by atoms with Crippen molar-refractivity contribution in [2.45, 2.75) is 6.92 Å². The molecule has 0 atom stereocenters. The Bertz CT molecular complexity index is 601. The molecule has 6 nitrogen and oxygen atoms in total. The van der Waals surface area contributed by atoms with E-state index in [9.17, 15) is 9.59 Å². The Morgan fingerprint density at radius 1 is 1.50 bits per heavy atom. The van der Waals surface area contributed by atoms with E-state index in [-0.39, 0.29) is 30.5 Å². The number of carbonyl (C=O) groups is 2. The predicted octanol–water partition coefficient (Wildman–Crippen LogP) is 1.32. The van der Waals surface area contributed by atoms with Gasteiger partial charge in [-0.25, -0.2) is 9.59 Å². The minimum atomic E-state index is -1.08. The van der Waals surface area contributed by atoms with Crippen LogP contribution in [0.5, 0.6) is 5.75 Å².